The van der Waals surface area contributed by atoms with Gasteiger partial charge in [-0.1, -0.05) is 25.5 Å². The number of benzene rings is 1. The van der Waals surface area contributed by atoms with Gasteiger partial charge in [0, 0.05) is 26.2 Å². The Hall–Kier alpha value is -1.03. The van der Waals surface area contributed by atoms with E-state index in [0.717, 1.165) is 16.8 Å². The second kappa shape index (κ2) is 7.25. The molecule has 0 unspecified atom stereocenters. The van der Waals surface area contributed by atoms with E-state index in [4.69, 9.17) is 0 Å². The molecule has 1 aromatic carbocycles. The Morgan fingerprint density at radius 2 is 1.57 bits per heavy atom. The molecule has 0 radical (unpaired) electrons. The van der Waals surface area contributed by atoms with Gasteiger partial charge in [-0.05, 0) is 18.6 Å². The maximum absolute atomic E-state index is 13.7. The number of unbranched alkanes of at least 4 members (excludes halogenated alkanes) is 1. The number of nitrogens with zero attached hydrogens (tertiary/aromatic N) is 2. The molecule has 1 heterocycles. The monoisotopic (exact) mass is 364 g/mol. The fourth-order valence-electron chi connectivity index (χ4n) is 2.44. The maximum Gasteiger partial charge on any atom is 0.246 e. The average molecular weight is 364 g/mol. The molecule has 0 amide bonds. The van der Waals surface area contributed by atoms with Gasteiger partial charge in [0.2, 0.25) is 20.0 Å². The minimum atomic E-state index is -3.94. The number of hydrogen-bond donors (Lipinski definition) is 0. The summed E-state index contributed by atoms with van der Waals surface area (Å²) in [7, 11) is -7.29. The summed E-state index contributed by atoms with van der Waals surface area (Å²) in [6.45, 7) is 2.16. The van der Waals surface area contributed by atoms with Crippen LogP contribution in [0.25, 0.3) is 0 Å². The van der Waals surface area contributed by atoms with E-state index in [0.29, 0.717) is 6.42 Å². The number of halogens is 1. The van der Waals surface area contributed by atoms with Crippen molar-refractivity contribution < 1.29 is 21.2 Å². The summed E-state index contributed by atoms with van der Waals surface area (Å²) >= 11 is 0. The van der Waals surface area contributed by atoms with Crippen molar-refractivity contribution in [3.63, 3.8) is 0 Å². The largest absolute Gasteiger partial charge is 0.246 e. The highest BCUT2D eigenvalue weighted by Crippen LogP contribution is 2.21. The zero-order valence-corrected chi connectivity index (χ0v) is 14.6. The minimum Gasteiger partial charge on any atom is -0.212 e. The molecule has 1 aliphatic rings. The Bertz CT molecular complexity index is 742. The molecular weight excluding hydrogens is 343 g/mol. The van der Waals surface area contributed by atoms with Gasteiger partial charge in [-0.2, -0.15) is 8.61 Å². The summed E-state index contributed by atoms with van der Waals surface area (Å²) < 4.78 is 65.3. The second-order valence-corrected chi connectivity index (χ2v) is 9.40. The Kier molecular flexibility index (Phi) is 5.77. The average Bonchev–Trinajstić information content (AvgIpc) is 2.53. The van der Waals surface area contributed by atoms with E-state index in [-0.39, 0.29) is 36.8 Å². The van der Waals surface area contributed by atoms with Crippen molar-refractivity contribution in [2.45, 2.75) is 24.7 Å². The fourth-order valence-corrected chi connectivity index (χ4v) is 5.56. The SMILES string of the molecule is CCCCS(=O)(=O)N1CCN(S(=O)(=O)c2ccccc2F)CC1. The molecule has 0 saturated carbocycles. The highest BCUT2D eigenvalue weighted by Gasteiger charge is 2.33. The van der Waals surface area contributed by atoms with Gasteiger partial charge in [-0.25, -0.2) is 21.2 Å². The van der Waals surface area contributed by atoms with E-state index in [1.54, 1.807) is 0 Å². The lowest BCUT2D eigenvalue weighted by atomic mass is 10.3. The first-order valence-corrected chi connectivity index (χ1v) is 10.6. The Labute approximate surface area is 137 Å². The third-order valence-corrected chi connectivity index (χ3v) is 7.69. The summed E-state index contributed by atoms with van der Waals surface area (Å²) in [6.07, 6.45) is 1.36. The van der Waals surface area contributed by atoms with Crippen LogP contribution >= 0.6 is 0 Å². The highest BCUT2D eigenvalue weighted by atomic mass is 32.2. The maximum atomic E-state index is 13.7. The first-order valence-electron chi connectivity index (χ1n) is 7.51. The quantitative estimate of drug-likeness (QED) is 0.762. The van der Waals surface area contributed by atoms with Gasteiger partial charge in [0.25, 0.3) is 0 Å². The van der Waals surface area contributed by atoms with E-state index < -0.39 is 25.9 Å². The van der Waals surface area contributed by atoms with Gasteiger partial charge in [-0.3, -0.25) is 0 Å². The van der Waals surface area contributed by atoms with Crippen molar-refractivity contribution in [3.05, 3.63) is 30.1 Å². The zero-order valence-electron chi connectivity index (χ0n) is 13.0. The summed E-state index contributed by atoms with van der Waals surface area (Å²) in [5.41, 5.74) is 0. The normalized spacial score (nSPS) is 18.2. The molecule has 1 aromatic rings. The van der Waals surface area contributed by atoms with Crippen LogP contribution in [0.4, 0.5) is 4.39 Å². The predicted octanol–water partition coefficient (Wildman–Crippen LogP) is 1.26. The zero-order chi connectivity index (χ0) is 17.1. The molecule has 0 atom stereocenters. The van der Waals surface area contributed by atoms with Gasteiger partial charge in [-0.15, -0.1) is 0 Å². The molecule has 0 aliphatic carbocycles. The van der Waals surface area contributed by atoms with E-state index in [9.17, 15) is 21.2 Å². The van der Waals surface area contributed by atoms with Crippen LogP contribution in [0.3, 0.4) is 0 Å². The van der Waals surface area contributed by atoms with Crippen molar-refractivity contribution >= 4 is 20.0 Å². The second-order valence-electron chi connectivity index (χ2n) is 5.40. The molecular formula is C14H21FN2O4S2. The van der Waals surface area contributed by atoms with Crippen LogP contribution in [-0.2, 0) is 20.0 Å². The van der Waals surface area contributed by atoms with E-state index in [2.05, 4.69) is 0 Å². The van der Waals surface area contributed by atoms with Crippen LogP contribution < -0.4 is 0 Å². The highest BCUT2D eigenvalue weighted by molar-refractivity contribution is 7.89. The number of sulfonamides is 2. The van der Waals surface area contributed by atoms with Crippen molar-refractivity contribution in [2.75, 3.05) is 31.9 Å². The Balaban J connectivity index is 2.09. The van der Waals surface area contributed by atoms with Gasteiger partial charge in [0.1, 0.15) is 10.7 Å². The summed E-state index contributed by atoms with van der Waals surface area (Å²) in [5.74, 6) is -0.727. The van der Waals surface area contributed by atoms with Crippen LogP contribution in [0, 0.1) is 5.82 Å². The molecule has 130 valence electrons. The molecule has 1 aliphatic heterocycles. The third kappa shape index (κ3) is 4.09. The lowest BCUT2D eigenvalue weighted by molar-refractivity contribution is 0.272. The molecule has 2 rings (SSSR count). The van der Waals surface area contributed by atoms with Crippen LogP contribution in [0.1, 0.15) is 19.8 Å². The molecule has 6 nitrogen and oxygen atoms in total. The molecule has 0 N–H and O–H groups in total. The van der Waals surface area contributed by atoms with Crippen LogP contribution in [0.15, 0.2) is 29.2 Å². The number of rotatable bonds is 6. The molecule has 0 bridgehead atoms. The lowest BCUT2D eigenvalue weighted by Crippen LogP contribution is -2.51. The summed E-state index contributed by atoms with van der Waals surface area (Å²) in [5, 5.41) is 0. The van der Waals surface area contributed by atoms with Crippen LogP contribution in [-0.4, -0.2) is 57.4 Å². The van der Waals surface area contributed by atoms with Gasteiger partial charge in [0.15, 0.2) is 0 Å². The van der Waals surface area contributed by atoms with Gasteiger partial charge >= 0.3 is 0 Å². The molecule has 0 aromatic heterocycles. The molecule has 1 saturated heterocycles. The standard InChI is InChI=1S/C14H21FN2O4S2/c1-2-3-12-22(18,19)16-8-10-17(11-9-16)23(20,21)14-7-5-4-6-13(14)15/h4-7H,2-3,8-12H2,1H3. The van der Waals surface area contributed by atoms with Gasteiger partial charge < -0.3 is 0 Å². The predicted molar refractivity (Wildman–Crippen MR) is 85.4 cm³/mol. The summed E-state index contributed by atoms with van der Waals surface area (Å²) in [4.78, 5) is -0.373. The minimum absolute atomic E-state index is 0.0298. The number of hydrogen-bond acceptors (Lipinski definition) is 4. The molecule has 0 spiro atoms. The smallest absolute Gasteiger partial charge is 0.212 e. The Morgan fingerprint density at radius 1 is 1.00 bits per heavy atom. The molecule has 23 heavy (non-hydrogen) atoms. The van der Waals surface area contributed by atoms with Crippen LogP contribution in [0.2, 0.25) is 0 Å². The van der Waals surface area contributed by atoms with Crippen molar-refractivity contribution in [3.8, 4) is 0 Å². The summed E-state index contributed by atoms with van der Waals surface area (Å²) in [6, 6.07) is 5.20. The molecule has 9 heteroatoms. The lowest BCUT2D eigenvalue weighted by Gasteiger charge is -2.33. The first kappa shape index (κ1) is 18.3. The Morgan fingerprint density at radius 3 is 2.13 bits per heavy atom. The van der Waals surface area contributed by atoms with Crippen LogP contribution in [0.5, 0.6) is 0 Å². The van der Waals surface area contributed by atoms with Crippen molar-refractivity contribution in [1.82, 2.24) is 8.61 Å². The third-order valence-electron chi connectivity index (χ3n) is 3.80. The topological polar surface area (TPSA) is 74.8 Å². The van der Waals surface area contributed by atoms with Crippen molar-refractivity contribution in [1.29, 1.82) is 0 Å². The van der Waals surface area contributed by atoms with E-state index in [1.807, 2.05) is 6.92 Å². The fraction of sp³-hybridized carbons (Fsp3) is 0.571. The van der Waals surface area contributed by atoms with Crippen molar-refractivity contribution in [2.24, 2.45) is 0 Å². The van der Waals surface area contributed by atoms with E-state index in [1.165, 1.54) is 22.5 Å². The van der Waals surface area contributed by atoms with Gasteiger partial charge in [0.05, 0.1) is 5.75 Å². The van der Waals surface area contributed by atoms with E-state index >= 15 is 0 Å². The molecule has 1 fully saturated rings. The first-order chi connectivity index (χ1) is 10.8. The number of piperazine rings is 1.